The first kappa shape index (κ1) is 9.25. The number of rotatable bonds is 3. The lowest BCUT2D eigenvalue weighted by Gasteiger charge is -1.97. The molecule has 0 amide bonds. The van der Waals surface area contributed by atoms with Gasteiger partial charge in [0.25, 0.3) is 0 Å². The Hall–Kier alpha value is -1.84. The Labute approximate surface area is 76.5 Å². The van der Waals surface area contributed by atoms with E-state index in [0.717, 1.165) is 0 Å². The van der Waals surface area contributed by atoms with Crippen LogP contribution in [0.3, 0.4) is 0 Å². The molecule has 0 unspecified atom stereocenters. The van der Waals surface area contributed by atoms with Crippen molar-refractivity contribution in [2.45, 2.75) is 6.92 Å². The summed E-state index contributed by atoms with van der Waals surface area (Å²) in [7, 11) is 0. The number of aliphatic hydroxyl groups excluding tert-OH is 1. The van der Waals surface area contributed by atoms with E-state index in [-0.39, 0.29) is 5.76 Å². The monoisotopic (exact) mass is 177 g/mol. The van der Waals surface area contributed by atoms with Gasteiger partial charge in [-0.15, -0.1) is 0 Å². The fraction of sp³-hybridized carbons (Fsp3) is 0.111. The minimum Gasteiger partial charge on any atom is -0.513 e. The van der Waals surface area contributed by atoms with E-state index in [1.807, 2.05) is 0 Å². The number of allylic oxidation sites excluding steroid dienone is 5. The lowest BCUT2D eigenvalue weighted by atomic mass is 10.3. The molecule has 0 aliphatic rings. The van der Waals surface area contributed by atoms with E-state index in [9.17, 15) is 0 Å². The summed E-state index contributed by atoms with van der Waals surface area (Å²) in [5.41, 5.74) is 0.707. The van der Waals surface area contributed by atoms with Gasteiger partial charge < -0.3 is 5.11 Å². The van der Waals surface area contributed by atoms with E-state index >= 15 is 0 Å². The summed E-state index contributed by atoms with van der Waals surface area (Å²) >= 11 is 0. The van der Waals surface area contributed by atoms with Gasteiger partial charge in [-0.05, 0) is 25.2 Å². The van der Waals surface area contributed by atoms with Crippen molar-refractivity contribution in [3.8, 4) is 0 Å². The second kappa shape index (κ2) is 4.25. The Bertz CT molecular complexity index is 332. The van der Waals surface area contributed by atoms with Gasteiger partial charge in [0.15, 0.2) is 0 Å². The standard InChI is InChI=1S/C9H11N3O/c1-3-9(5-4-8(2)13)12-10-6-7-11-12/h3-7,13H,1H2,2H3/b8-4+,9-5+. The maximum atomic E-state index is 8.93. The Morgan fingerprint density at radius 2 is 2.00 bits per heavy atom. The van der Waals surface area contributed by atoms with Gasteiger partial charge in [0.05, 0.1) is 23.8 Å². The molecular weight excluding hydrogens is 166 g/mol. The third-order valence-electron chi connectivity index (χ3n) is 1.35. The highest BCUT2D eigenvalue weighted by atomic mass is 16.3. The van der Waals surface area contributed by atoms with Crippen molar-refractivity contribution in [3.63, 3.8) is 0 Å². The Morgan fingerprint density at radius 1 is 1.38 bits per heavy atom. The molecular formula is C9H11N3O. The Kier molecular flexibility index (Phi) is 3.03. The highest BCUT2D eigenvalue weighted by Crippen LogP contribution is 2.02. The highest BCUT2D eigenvalue weighted by molar-refractivity contribution is 5.56. The molecule has 0 saturated carbocycles. The molecule has 0 aliphatic heterocycles. The van der Waals surface area contributed by atoms with Crippen LogP contribution in [0.25, 0.3) is 5.70 Å². The molecule has 1 aromatic rings. The number of aliphatic hydroxyl groups is 1. The number of aromatic nitrogens is 3. The Balaban J connectivity index is 2.92. The lowest BCUT2D eigenvalue weighted by molar-refractivity contribution is 0.414. The van der Waals surface area contributed by atoms with Crippen molar-refractivity contribution < 1.29 is 5.11 Å². The fourth-order valence-corrected chi connectivity index (χ4v) is 0.771. The molecule has 4 heteroatoms. The Morgan fingerprint density at radius 3 is 2.46 bits per heavy atom. The molecule has 1 heterocycles. The largest absolute Gasteiger partial charge is 0.513 e. The van der Waals surface area contributed by atoms with E-state index in [4.69, 9.17) is 5.11 Å². The van der Waals surface area contributed by atoms with Crippen molar-refractivity contribution in [2.24, 2.45) is 0 Å². The molecule has 0 bridgehead atoms. The zero-order valence-electron chi connectivity index (χ0n) is 7.38. The first-order valence-electron chi connectivity index (χ1n) is 3.80. The van der Waals surface area contributed by atoms with Crippen LogP contribution in [0.4, 0.5) is 0 Å². The summed E-state index contributed by atoms with van der Waals surface area (Å²) in [6, 6.07) is 0. The zero-order valence-corrected chi connectivity index (χ0v) is 7.38. The third kappa shape index (κ3) is 2.59. The number of nitrogens with zero attached hydrogens (tertiary/aromatic N) is 3. The molecule has 68 valence electrons. The quantitative estimate of drug-likeness (QED) is 0.565. The van der Waals surface area contributed by atoms with Crippen LogP contribution in [0.15, 0.2) is 43.0 Å². The first-order valence-corrected chi connectivity index (χ1v) is 3.80. The van der Waals surface area contributed by atoms with E-state index in [1.165, 1.54) is 4.80 Å². The normalized spacial score (nSPS) is 13.0. The molecule has 0 aromatic carbocycles. The third-order valence-corrected chi connectivity index (χ3v) is 1.35. The highest BCUT2D eigenvalue weighted by Gasteiger charge is 1.94. The second-order valence-corrected chi connectivity index (χ2v) is 2.42. The molecule has 0 aliphatic carbocycles. The van der Waals surface area contributed by atoms with Crippen molar-refractivity contribution in [1.82, 2.24) is 15.0 Å². The van der Waals surface area contributed by atoms with Crippen LogP contribution >= 0.6 is 0 Å². The van der Waals surface area contributed by atoms with Crippen LogP contribution in [0, 0.1) is 0 Å². The van der Waals surface area contributed by atoms with Crippen LogP contribution in [0.1, 0.15) is 6.92 Å². The second-order valence-electron chi connectivity index (χ2n) is 2.42. The minimum atomic E-state index is 0.228. The average molecular weight is 177 g/mol. The molecule has 13 heavy (non-hydrogen) atoms. The summed E-state index contributed by atoms with van der Waals surface area (Å²) in [4.78, 5) is 1.42. The summed E-state index contributed by atoms with van der Waals surface area (Å²) in [6.07, 6.45) is 8.00. The predicted octanol–water partition coefficient (Wildman–Crippen LogP) is 1.77. The van der Waals surface area contributed by atoms with E-state index < -0.39 is 0 Å². The maximum absolute atomic E-state index is 8.93. The van der Waals surface area contributed by atoms with Gasteiger partial charge >= 0.3 is 0 Å². The zero-order chi connectivity index (χ0) is 9.68. The molecule has 4 nitrogen and oxygen atoms in total. The summed E-state index contributed by atoms with van der Waals surface area (Å²) in [5.74, 6) is 0.228. The molecule has 0 spiro atoms. The van der Waals surface area contributed by atoms with Gasteiger partial charge in [-0.1, -0.05) is 6.58 Å². The molecule has 1 N–H and O–H groups in total. The molecule has 1 rings (SSSR count). The SMILES string of the molecule is C=C/C(=C\C=C(/C)O)n1nccn1. The average Bonchev–Trinajstić information content (AvgIpc) is 2.58. The molecule has 0 atom stereocenters. The maximum Gasteiger partial charge on any atom is 0.0892 e. The molecule has 0 saturated heterocycles. The number of hydrogen-bond acceptors (Lipinski definition) is 3. The fourth-order valence-electron chi connectivity index (χ4n) is 0.771. The summed E-state index contributed by atoms with van der Waals surface area (Å²) in [6.45, 7) is 5.21. The summed E-state index contributed by atoms with van der Waals surface area (Å²) in [5, 5.41) is 16.8. The van der Waals surface area contributed by atoms with Crippen molar-refractivity contribution in [2.75, 3.05) is 0 Å². The van der Waals surface area contributed by atoms with Crippen molar-refractivity contribution >= 4 is 5.70 Å². The topological polar surface area (TPSA) is 50.9 Å². The van der Waals surface area contributed by atoms with Gasteiger partial charge in [-0.25, -0.2) is 0 Å². The number of hydrogen-bond donors (Lipinski definition) is 1. The van der Waals surface area contributed by atoms with Gasteiger partial charge in [0.2, 0.25) is 0 Å². The van der Waals surface area contributed by atoms with Crippen molar-refractivity contribution in [3.05, 3.63) is 43.0 Å². The van der Waals surface area contributed by atoms with E-state index in [2.05, 4.69) is 16.8 Å². The van der Waals surface area contributed by atoms with Crippen LogP contribution < -0.4 is 0 Å². The molecule has 1 aromatic heterocycles. The molecule has 0 fully saturated rings. The molecule has 0 radical (unpaired) electrons. The van der Waals surface area contributed by atoms with Gasteiger partial charge in [0, 0.05) is 0 Å². The van der Waals surface area contributed by atoms with Crippen molar-refractivity contribution in [1.29, 1.82) is 0 Å². The predicted molar refractivity (Wildman–Crippen MR) is 50.9 cm³/mol. The van der Waals surface area contributed by atoms with E-state index in [1.54, 1.807) is 37.5 Å². The summed E-state index contributed by atoms with van der Waals surface area (Å²) < 4.78 is 0. The van der Waals surface area contributed by atoms with Crippen LogP contribution in [0.2, 0.25) is 0 Å². The van der Waals surface area contributed by atoms with Crippen LogP contribution in [0.5, 0.6) is 0 Å². The lowest BCUT2D eigenvalue weighted by Crippen LogP contribution is -1.98. The van der Waals surface area contributed by atoms with Gasteiger partial charge in [0.1, 0.15) is 0 Å². The first-order chi connectivity index (χ1) is 6.24. The smallest absolute Gasteiger partial charge is 0.0892 e. The van der Waals surface area contributed by atoms with E-state index in [0.29, 0.717) is 5.70 Å². The van der Waals surface area contributed by atoms with Crippen LogP contribution in [-0.2, 0) is 0 Å². The van der Waals surface area contributed by atoms with Gasteiger partial charge in [-0.2, -0.15) is 15.0 Å². The minimum absolute atomic E-state index is 0.228. The van der Waals surface area contributed by atoms with Crippen LogP contribution in [-0.4, -0.2) is 20.1 Å². The van der Waals surface area contributed by atoms with Gasteiger partial charge in [-0.3, -0.25) is 0 Å².